The molecule has 0 spiro atoms. The third-order valence-electron chi connectivity index (χ3n) is 2.06. The van der Waals surface area contributed by atoms with Gasteiger partial charge in [0.1, 0.15) is 0 Å². The molecule has 1 aromatic carbocycles. The molecule has 66 valence electrons. The number of fused-ring (bicyclic) bond motifs is 1. The Hall–Kier alpha value is -1.15. The van der Waals surface area contributed by atoms with Crippen molar-refractivity contribution in [2.75, 3.05) is 0 Å². The monoisotopic (exact) mass is 190 g/mol. The second-order valence-corrected chi connectivity index (χ2v) is 4.42. The Bertz CT molecular complexity index is 468. The van der Waals surface area contributed by atoms with Crippen LogP contribution in [0.1, 0.15) is 22.2 Å². The first kappa shape index (κ1) is 8.45. The molecule has 1 nitrogen and oxygen atoms in total. The molecule has 0 amide bonds. The van der Waals surface area contributed by atoms with E-state index in [4.69, 9.17) is 0 Å². The molecule has 2 aromatic rings. The lowest BCUT2D eigenvalue weighted by atomic mass is 10.1. The van der Waals surface area contributed by atoms with Gasteiger partial charge in [-0.15, -0.1) is 11.3 Å². The Morgan fingerprint density at radius 1 is 1.38 bits per heavy atom. The number of ketones is 1. The Kier molecular flexibility index (Phi) is 1.93. The van der Waals surface area contributed by atoms with E-state index in [1.165, 1.54) is 9.58 Å². The van der Waals surface area contributed by atoms with Crippen LogP contribution in [0.25, 0.3) is 10.1 Å². The van der Waals surface area contributed by atoms with Gasteiger partial charge < -0.3 is 0 Å². The highest BCUT2D eigenvalue weighted by atomic mass is 32.1. The minimum absolute atomic E-state index is 0.142. The zero-order chi connectivity index (χ0) is 9.42. The van der Waals surface area contributed by atoms with E-state index in [0.29, 0.717) is 0 Å². The molecule has 0 atom stereocenters. The molecule has 0 aliphatic rings. The van der Waals surface area contributed by atoms with Crippen molar-refractivity contribution >= 4 is 27.2 Å². The van der Waals surface area contributed by atoms with E-state index >= 15 is 0 Å². The van der Waals surface area contributed by atoms with Crippen LogP contribution in [0, 0.1) is 6.92 Å². The maximum absolute atomic E-state index is 11.3. The zero-order valence-electron chi connectivity index (χ0n) is 7.63. The van der Waals surface area contributed by atoms with Gasteiger partial charge in [-0.05, 0) is 26.0 Å². The topological polar surface area (TPSA) is 17.1 Å². The molecule has 0 radical (unpaired) electrons. The van der Waals surface area contributed by atoms with Crippen molar-refractivity contribution in [1.82, 2.24) is 0 Å². The highest BCUT2D eigenvalue weighted by Crippen LogP contribution is 2.27. The van der Waals surface area contributed by atoms with E-state index in [1.807, 2.05) is 12.1 Å². The number of hydrogen-bond donors (Lipinski definition) is 0. The molecule has 0 aliphatic carbocycles. The molecule has 0 fully saturated rings. The second-order valence-electron chi connectivity index (χ2n) is 3.13. The number of carbonyl (C=O) groups is 1. The summed E-state index contributed by atoms with van der Waals surface area (Å²) in [4.78, 5) is 12.5. The lowest BCUT2D eigenvalue weighted by molar-refractivity contribution is 0.101. The molecule has 13 heavy (non-hydrogen) atoms. The quantitative estimate of drug-likeness (QED) is 0.630. The third-order valence-corrected chi connectivity index (χ3v) is 3.08. The number of Topliss-reactive ketones (excluding diaryl/α,β-unsaturated/α-hetero) is 1. The van der Waals surface area contributed by atoms with Crippen molar-refractivity contribution in [2.24, 2.45) is 0 Å². The Morgan fingerprint density at radius 2 is 2.15 bits per heavy atom. The minimum atomic E-state index is 0.142. The third kappa shape index (κ3) is 1.38. The van der Waals surface area contributed by atoms with Crippen LogP contribution in [0.15, 0.2) is 24.3 Å². The summed E-state index contributed by atoms with van der Waals surface area (Å²) in [5.41, 5.74) is 0.835. The standard InChI is InChI=1S/C11H10OS/c1-7-6-10-9(8(2)12)4-3-5-11(10)13-7/h3-6H,1-2H3. The molecule has 1 heterocycles. The molecule has 0 N–H and O–H groups in total. The summed E-state index contributed by atoms with van der Waals surface area (Å²) in [6, 6.07) is 7.96. The fraction of sp³-hybridized carbons (Fsp3) is 0.182. The van der Waals surface area contributed by atoms with E-state index < -0.39 is 0 Å². The second kappa shape index (κ2) is 2.96. The van der Waals surface area contributed by atoms with Crippen molar-refractivity contribution in [2.45, 2.75) is 13.8 Å². The van der Waals surface area contributed by atoms with Crippen molar-refractivity contribution < 1.29 is 4.79 Å². The molecule has 1 aromatic heterocycles. The molecular weight excluding hydrogens is 180 g/mol. The first-order chi connectivity index (χ1) is 6.18. The van der Waals surface area contributed by atoms with Crippen LogP contribution in [0.5, 0.6) is 0 Å². The predicted molar refractivity (Wildman–Crippen MR) is 56.6 cm³/mol. The van der Waals surface area contributed by atoms with E-state index in [9.17, 15) is 4.79 Å². The van der Waals surface area contributed by atoms with Gasteiger partial charge in [-0.1, -0.05) is 12.1 Å². The van der Waals surface area contributed by atoms with Gasteiger partial charge in [0.25, 0.3) is 0 Å². The smallest absolute Gasteiger partial charge is 0.160 e. The lowest BCUT2D eigenvalue weighted by Gasteiger charge is -1.96. The van der Waals surface area contributed by atoms with Crippen LogP contribution in [0.3, 0.4) is 0 Å². The van der Waals surface area contributed by atoms with Crippen molar-refractivity contribution in [3.63, 3.8) is 0 Å². The van der Waals surface area contributed by atoms with Gasteiger partial charge in [0.05, 0.1) is 0 Å². The van der Waals surface area contributed by atoms with Crippen LogP contribution in [-0.2, 0) is 0 Å². The first-order valence-electron chi connectivity index (χ1n) is 4.18. The summed E-state index contributed by atoms with van der Waals surface area (Å²) >= 11 is 1.73. The SMILES string of the molecule is CC(=O)c1cccc2sc(C)cc12. The summed E-state index contributed by atoms with van der Waals surface area (Å²) in [6.45, 7) is 3.68. The summed E-state index contributed by atoms with van der Waals surface area (Å²) in [5, 5.41) is 1.09. The molecule has 0 aliphatic heterocycles. The van der Waals surface area contributed by atoms with Crippen LogP contribution < -0.4 is 0 Å². The molecule has 0 bridgehead atoms. The summed E-state index contributed by atoms with van der Waals surface area (Å²) in [7, 11) is 0. The molecule has 2 rings (SSSR count). The Balaban J connectivity index is 2.82. The molecule has 0 saturated heterocycles. The summed E-state index contributed by atoms with van der Waals surface area (Å²) in [5.74, 6) is 0.142. The summed E-state index contributed by atoms with van der Waals surface area (Å²) in [6.07, 6.45) is 0. The summed E-state index contributed by atoms with van der Waals surface area (Å²) < 4.78 is 1.20. The van der Waals surface area contributed by atoms with Gasteiger partial charge >= 0.3 is 0 Å². The number of thiophene rings is 1. The van der Waals surface area contributed by atoms with Gasteiger partial charge in [-0.2, -0.15) is 0 Å². The largest absolute Gasteiger partial charge is 0.294 e. The Morgan fingerprint density at radius 3 is 2.85 bits per heavy atom. The maximum atomic E-state index is 11.3. The number of rotatable bonds is 1. The van der Waals surface area contributed by atoms with E-state index in [2.05, 4.69) is 19.1 Å². The number of benzene rings is 1. The van der Waals surface area contributed by atoms with Gasteiger partial charge in [0.2, 0.25) is 0 Å². The minimum Gasteiger partial charge on any atom is -0.294 e. The van der Waals surface area contributed by atoms with Crippen molar-refractivity contribution in [3.8, 4) is 0 Å². The Labute approximate surface area is 81.0 Å². The molecule has 0 unspecified atom stereocenters. The molecule has 0 saturated carbocycles. The fourth-order valence-corrected chi connectivity index (χ4v) is 2.44. The van der Waals surface area contributed by atoms with Crippen LogP contribution in [0.2, 0.25) is 0 Å². The number of carbonyl (C=O) groups excluding carboxylic acids is 1. The van der Waals surface area contributed by atoms with Gasteiger partial charge in [0.15, 0.2) is 5.78 Å². The lowest BCUT2D eigenvalue weighted by Crippen LogP contribution is -1.90. The van der Waals surface area contributed by atoms with Crippen molar-refractivity contribution in [1.29, 1.82) is 0 Å². The number of hydrogen-bond acceptors (Lipinski definition) is 2. The van der Waals surface area contributed by atoms with E-state index in [0.717, 1.165) is 10.9 Å². The highest BCUT2D eigenvalue weighted by Gasteiger charge is 2.06. The van der Waals surface area contributed by atoms with Gasteiger partial charge in [-0.25, -0.2) is 0 Å². The van der Waals surface area contributed by atoms with Crippen LogP contribution in [0.4, 0.5) is 0 Å². The van der Waals surface area contributed by atoms with E-state index in [-0.39, 0.29) is 5.78 Å². The fourth-order valence-electron chi connectivity index (χ4n) is 1.50. The van der Waals surface area contributed by atoms with Gasteiger partial charge in [-0.3, -0.25) is 4.79 Å². The average molecular weight is 190 g/mol. The van der Waals surface area contributed by atoms with Crippen molar-refractivity contribution in [3.05, 3.63) is 34.7 Å². The van der Waals surface area contributed by atoms with Crippen LogP contribution >= 0.6 is 11.3 Å². The number of aryl methyl sites for hydroxylation is 1. The predicted octanol–water partition coefficient (Wildman–Crippen LogP) is 3.41. The van der Waals surface area contributed by atoms with E-state index in [1.54, 1.807) is 18.3 Å². The maximum Gasteiger partial charge on any atom is 0.160 e. The van der Waals surface area contributed by atoms with Crippen LogP contribution in [-0.4, -0.2) is 5.78 Å². The van der Waals surface area contributed by atoms with Gasteiger partial charge in [0, 0.05) is 20.5 Å². The first-order valence-corrected chi connectivity index (χ1v) is 5.00. The normalized spacial score (nSPS) is 10.6. The molecular formula is C11H10OS. The molecule has 2 heteroatoms. The average Bonchev–Trinajstić information content (AvgIpc) is 2.43. The highest BCUT2D eigenvalue weighted by molar-refractivity contribution is 7.19. The zero-order valence-corrected chi connectivity index (χ0v) is 8.44.